The quantitative estimate of drug-likeness (QED) is 0.816. The molecule has 0 saturated carbocycles. The molecule has 126 valence electrons. The lowest BCUT2D eigenvalue weighted by molar-refractivity contribution is -0.137. The highest BCUT2D eigenvalue weighted by Gasteiger charge is 2.31. The zero-order chi connectivity index (χ0) is 17.7. The van der Waals surface area contributed by atoms with E-state index in [0.29, 0.717) is 17.6 Å². The minimum Gasteiger partial charge on any atom is -0.484 e. The number of benzene rings is 2. The topological polar surface area (TPSA) is 55.4 Å². The van der Waals surface area contributed by atoms with Crippen LogP contribution in [0.1, 0.15) is 15.9 Å². The SMILES string of the molecule is O=Cc1ccc(OCC(=O)Nc2cc(C(F)(F)F)ccc2Cl)cc1. The Balaban J connectivity index is 2.00. The van der Waals surface area contributed by atoms with Crippen molar-refractivity contribution in [3.8, 4) is 5.75 Å². The Hall–Kier alpha value is -2.54. The first-order valence-electron chi connectivity index (χ1n) is 6.64. The van der Waals surface area contributed by atoms with Crippen LogP contribution >= 0.6 is 11.6 Å². The Morgan fingerprint density at radius 2 is 1.83 bits per heavy atom. The van der Waals surface area contributed by atoms with E-state index in [2.05, 4.69) is 5.32 Å². The van der Waals surface area contributed by atoms with E-state index in [1.54, 1.807) is 0 Å². The van der Waals surface area contributed by atoms with Gasteiger partial charge in [-0.15, -0.1) is 0 Å². The molecule has 0 aromatic heterocycles. The lowest BCUT2D eigenvalue weighted by atomic mass is 10.2. The van der Waals surface area contributed by atoms with Gasteiger partial charge in [0.05, 0.1) is 16.3 Å². The van der Waals surface area contributed by atoms with Gasteiger partial charge < -0.3 is 10.1 Å². The monoisotopic (exact) mass is 357 g/mol. The third-order valence-electron chi connectivity index (χ3n) is 2.95. The molecule has 0 aliphatic carbocycles. The molecule has 0 spiro atoms. The minimum atomic E-state index is -4.54. The Bertz CT molecular complexity index is 745. The fourth-order valence-electron chi connectivity index (χ4n) is 1.78. The second-order valence-corrected chi connectivity index (χ2v) is 5.12. The molecule has 1 N–H and O–H groups in total. The number of alkyl halides is 3. The van der Waals surface area contributed by atoms with Crippen molar-refractivity contribution in [1.29, 1.82) is 0 Å². The molecule has 0 atom stereocenters. The standard InChI is InChI=1S/C16H11ClF3NO3/c17-13-6-3-11(16(18,19)20)7-14(13)21-15(23)9-24-12-4-1-10(8-22)2-5-12/h1-8H,9H2,(H,21,23). The highest BCUT2D eigenvalue weighted by molar-refractivity contribution is 6.33. The molecule has 8 heteroatoms. The van der Waals surface area contributed by atoms with E-state index in [1.807, 2.05) is 0 Å². The predicted octanol–water partition coefficient (Wildman–Crippen LogP) is 4.19. The number of aldehydes is 1. The van der Waals surface area contributed by atoms with Crippen LogP contribution in [0.3, 0.4) is 0 Å². The summed E-state index contributed by atoms with van der Waals surface area (Å²) in [6.45, 7) is -0.424. The van der Waals surface area contributed by atoms with E-state index in [4.69, 9.17) is 16.3 Å². The van der Waals surface area contributed by atoms with Gasteiger partial charge in [-0.3, -0.25) is 9.59 Å². The van der Waals surface area contributed by atoms with Gasteiger partial charge in [-0.05, 0) is 42.5 Å². The zero-order valence-corrected chi connectivity index (χ0v) is 12.8. The van der Waals surface area contributed by atoms with Gasteiger partial charge in [-0.25, -0.2) is 0 Å². The fourth-order valence-corrected chi connectivity index (χ4v) is 1.94. The molecular formula is C16H11ClF3NO3. The molecule has 0 radical (unpaired) electrons. The van der Waals surface area contributed by atoms with Crippen LogP contribution in [0, 0.1) is 0 Å². The van der Waals surface area contributed by atoms with Crippen LogP contribution in [0.25, 0.3) is 0 Å². The zero-order valence-electron chi connectivity index (χ0n) is 12.1. The summed E-state index contributed by atoms with van der Waals surface area (Å²) in [5.74, 6) is -0.332. The maximum Gasteiger partial charge on any atom is 0.416 e. The van der Waals surface area contributed by atoms with Gasteiger partial charge in [0.25, 0.3) is 5.91 Å². The maximum atomic E-state index is 12.7. The van der Waals surface area contributed by atoms with E-state index >= 15 is 0 Å². The van der Waals surface area contributed by atoms with Crippen LogP contribution in [0.4, 0.5) is 18.9 Å². The number of carbonyl (C=O) groups is 2. The number of halogens is 4. The predicted molar refractivity (Wildman–Crippen MR) is 82.4 cm³/mol. The minimum absolute atomic E-state index is 0.0216. The van der Waals surface area contributed by atoms with Gasteiger partial charge in [-0.2, -0.15) is 13.2 Å². The van der Waals surface area contributed by atoms with E-state index in [-0.39, 0.29) is 10.7 Å². The number of carbonyl (C=O) groups excluding carboxylic acids is 2. The molecule has 0 aliphatic rings. The first kappa shape index (κ1) is 17.8. The van der Waals surface area contributed by atoms with Gasteiger partial charge in [0, 0.05) is 5.56 Å². The highest BCUT2D eigenvalue weighted by atomic mass is 35.5. The van der Waals surface area contributed by atoms with Crippen molar-refractivity contribution in [2.75, 3.05) is 11.9 Å². The molecule has 0 aliphatic heterocycles. The first-order valence-corrected chi connectivity index (χ1v) is 7.02. The summed E-state index contributed by atoms with van der Waals surface area (Å²) in [4.78, 5) is 22.3. The summed E-state index contributed by atoms with van der Waals surface area (Å²) in [7, 11) is 0. The van der Waals surface area contributed by atoms with Crippen molar-refractivity contribution >= 4 is 29.5 Å². The maximum absolute atomic E-state index is 12.7. The third kappa shape index (κ3) is 4.73. The number of anilines is 1. The molecule has 0 saturated heterocycles. The number of ether oxygens (including phenoxy) is 1. The summed E-state index contributed by atoms with van der Waals surface area (Å²) >= 11 is 5.78. The van der Waals surface area contributed by atoms with Crippen molar-refractivity contribution in [3.05, 3.63) is 58.6 Å². The second kappa shape index (κ2) is 7.35. The fraction of sp³-hybridized carbons (Fsp3) is 0.125. The molecule has 0 heterocycles. The van der Waals surface area contributed by atoms with Crippen LogP contribution in [-0.4, -0.2) is 18.8 Å². The number of hydrogen-bond acceptors (Lipinski definition) is 3. The Labute approximate surface area is 140 Å². The van der Waals surface area contributed by atoms with E-state index < -0.39 is 24.3 Å². The van der Waals surface area contributed by atoms with Crippen molar-refractivity contribution in [2.24, 2.45) is 0 Å². The molecule has 0 fully saturated rings. The normalized spacial score (nSPS) is 11.0. The Morgan fingerprint density at radius 3 is 2.42 bits per heavy atom. The highest BCUT2D eigenvalue weighted by Crippen LogP contribution is 2.33. The summed E-state index contributed by atoms with van der Waals surface area (Å²) in [5.41, 5.74) is -0.633. The molecular weight excluding hydrogens is 347 g/mol. The molecule has 2 rings (SSSR count). The van der Waals surface area contributed by atoms with Crippen molar-refractivity contribution in [3.63, 3.8) is 0 Å². The molecule has 24 heavy (non-hydrogen) atoms. The number of amides is 1. The Morgan fingerprint density at radius 1 is 1.17 bits per heavy atom. The number of rotatable bonds is 5. The molecule has 2 aromatic carbocycles. The first-order chi connectivity index (χ1) is 11.3. The third-order valence-corrected chi connectivity index (χ3v) is 3.28. The largest absolute Gasteiger partial charge is 0.484 e. The molecule has 4 nitrogen and oxygen atoms in total. The molecule has 2 aromatic rings. The van der Waals surface area contributed by atoms with Gasteiger partial charge in [0.2, 0.25) is 0 Å². The van der Waals surface area contributed by atoms with Gasteiger partial charge >= 0.3 is 6.18 Å². The summed E-state index contributed by atoms with van der Waals surface area (Å²) in [6, 6.07) is 8.62. The Kier molecular flexibility index (Phi) is 5.46. The van der Waals surface area contributed by atoms with Crippen LogP contribution in [-0.2, 0) is 11.0 Å². The number of nitrogens with one attached hydrogen (secondary N) is 1. The van der Waals surface area contributed by atoms with Crippen LogP contribution in [0.15, 0.2) is 42.5 Å². The molecule has 0 unspecified atom stereocenters. The number of hydrogen-bond donors (Lipinski definition) is 1. The second-order valence-electron chi connectivity index (χ2n) is 4.72. The van der Waals surface area contributed by atoms with E-state index in [0.717, 1.165) is 18.2 Å². The molecule has 1 amide bonds. The summed E-state index contributed by atoms with van der Waals surface area (Å²) in [6.07, 6.45) is -3.88. The van der Waals surface area contributed by atoms with Crippen molar-refractivity contribution in [2.45, 2.75) is 6.18 Å². The van der Waals surface area contributed by atoms with Crippen LogP contribution in [0.5, 0.6) is 5.75 Å². The average Bonchev–Trinajstić information content (AvgIpc) is 2.54. The lowest BCUT2D eigenvalue weighted by Gasteiger charge is -2.12. The van der Waals surface area contributed by atoms with Crippen LogP contribution in [0.2, 0.25) is 5.02 Å². The van der Waals surface area contributed by atoms with Crippen molar-refractivity contribution in [1.82, 2.24) is 0 Å². The van der Waals surface area contributed by atoms with Crippen LogP contribution < -0.4 is 10.1 Å². The van der Waals surface area contributed by atoms with Gasteiger partial charge in [-0.1, -0.05) is 11.6 Å². The van der Waals surface area contributed by atoms with E-state index in [1.165, 1.54) is 24.3 Å². The lowest BCUT2D eigenvalue weighted by Crippen LogP contribution is -2.20. The molecule has 0 bridgehead atoms. The van der Waals surface area contributed by atoms with Crippen molar-refractivity contribution < 1.29 is 27.5 Å². The van der Waals surface area contributed by atoms with E-state index in [9.17, 15) is 22.8 Å². The smallest absolute Gasteiger partial charge is 0.416 e. The summed E-state index contributed by atoms with van der Waals surface area (Å²) in [5, 5.41) is 2.24. The van der Waals surface area contributed by atoms with Gasteiger partial charge in [0.1, 0.15) is 12.0 Å². The average molecular weight is 358 g/mol. The van der Waals surface area contributed by atoms with Gasteiger partial charge in [0.15, 0.2) is 6.61 Å². The summed E-state index contributed by atoms with van der Waals surface area (Å²) < 4.78 is 43.2.